The summed E-state index contributed by atoms with van der Waals surface area (Å²) >= 11 is 0. The first-order chi connectivity index (χ1) is 9.73. The van der Waals surface area contributed by atoms with Crippen LogP contribution in [0.3, 0.4) is 0 Å². The molecule has 0 N–H and O–H groups in total. The first-order valence-electron chi connectivity index (χ1n) is 7.89. The monoisotopic (exact) mass is 372 g/mol. The van der Waals surface area contributed by atoms with Gasteiger partial charge in [0.15, 0.2) is 8.32 Å². The maximum Gasteiger partial charge on any atom is 0.312 e. The first-order valence-corrected chi connectivity index (χ1v) is 19.8. The van der Waals surface area contributed by atoms with Crippen molar-refractivity contribution in [1.29, 1.82) is 0 Å². The van der Waals surface area contributed by atoms with Crippen LogP contribution in [0.25, 0.3) is 0 Å². The normalized spacial score (nSPS) is 14.2. The summed E-state index contributed by atoms with van der Waals surface area (Å²) in [5.41, 5.74) is 0. The zero-order valence-electron chi connectivity index (χ0n) is 15.6. The third-order valence-corrected chi connectivity index (χ3v) is 17.1. The number of rotatable bonds is 7. The summed E-state index contributed by atoms with van der Waals surface area (Å²) in [5, 5.41) is 1.31. The fourth-order valence-electron chi connectivity index (χ4n) is 2.88. The lowest BCUT2D eigenvalue weighted by Crippen LogP contribution is -2.58. The molecule has 0 radical (unpaired) electrons. The predicted molar refractivity (Wildman–Crippen MR) is 105 cm³/mol. The van der Waals surface area contributed by atoms with Gasteiger partial charge < -0.3 is 12.3 Å². The van der Waals surface area contributed by atoms with Crippen LogP contribution in [0.4, 0.5) is 0 Å². The van der Waals surface area contributed by atoms with Gasteiger partial charge in [-0.3, -0.25) is 0 Å². The Balaban J connectivity index is 2.82. The van der Waals surface area contributed by atoms with Crippen LogP contribution in [-0.2, 0) is 12.3 Å². The number of hydrogen-bond acceptors (Lipinski definition) is 3. The van der Waals surface area contributed by atoms with Crippen LogP contribution >= 0.6 is 0 Å². The molecule has 0 unspecified atom stereocenters. The van der Waals surface area contributed by atoms with E-state index in [2.05, 4.69) is 83.2 Å². The largest absolute Gasteiger partial charge is 0.437 e. The maximum absolute atomic E-state index is 6.59. The van der Waals surface area contributed by atoms with Crippen LogP contribution < -0.4 is 5.19 Å². The molecule has 0 saturated heterocycles. The van der Waals surface area contributed by atoms with Crippen molar-refractivity contribution in [1.82, 2.24) is 0 Å². The molecule has 0 aliphatic carbocycles. The van der Waals surface area contributed by atoms with E-state index in [1.165, 1.54) is 5.19 Å². The van der Waals surface area contributed by atoms with E-state index in [1.807, 2.05) is 6.07 Å². The van der Waals surface area contributed by atoms with Crippen LogP contribution in [0.5, 0.6) is 0 Å². The molecule has 0 amide bonds. The summed E-state index contributed by atoms with van der Waals surface area (Å²) < 4.78 is 19.4. The van der Waals surface area contributed by atoms with E-state index in [4.69, 9.17) is 12.3 Å². The fourth-order valence-corrected chi connectivity index (χ4v) is 21.0. The van der Waals surface area contributed by atoms with Gasteiger partial charge in [0.05, 0.1) is 0 Å². The minimum absolute atomic E-state index is 1.31. The smallest absolute Gasteiger partial charge is 0.312 e. The minimum atomic E-state index is -2.24. The molecule has 0 fully saturated rings. The summed E-state index contributed by atoms with van der Waals surface area (Å²) in [6.07, 6.45) is 0. The molecule has 0 aliphatic rings. The molecule has 0 aliphatic heterocycles. The van der Waals surface area contributed by atoms with Crippen LogP contribution in [0.15, 0.2) is 30.3 Å². The third kappa shape index (κ3) is 7.03. The Morgan fingerprint density at radius 2 is 1.05 bits per heavy atom. The van der Waals surface area contributed by atoms with Crippen LogP contribution in [0.1, 0.15) is 0 Å². The van der Waals surface area contributed by atoms with Gasteiger partial charge >= 0.3 is 17.1 Å². The van der Waals surface area contributed by atoms with Gasteiger partial charge in [0.25, 0.3) is 0 Å². The van der Waals surface area contributed by atoms with E-state index >= 15 is 0 Å². The highest BCUT2D eigenvalue weighted by Crippen LogP contribution is 2.23. The van der Waals surface area contributed by atoms with Gasteiger partial charge in [-0.15, -0.1) is 0 Å². The number of hydrogen-bond donors (Lipinski definition) is 0. The lowest BCUT2D eigenvalue weighted by atomic mass is 10.4. The molecule has 0 heterocycles. The molecular weight excluding hydrogens is 341 g/mol. The molecule has 1 aromatic carbocycles. The van der Waals surface area contributed by atoms with Crippen molar-refractivity contribution in [2.45, 2.75) is 58.9 Å². The molecule has 22 heavy (non-hydrogen) atoms. The van der Waals surface area contributed by atoms with Crippen molar-refractivity contribution in [3.05, 3.63) is 30.3 Å². The molecule has 0 bridgehead atoms. The van der Waals surface area contributed by atoms with E-state index in [0.29, 0.717) is 0 Å². The topological polar surface area (TPSA) is 27.7 Å². The summed E-state index contributed by atoms with van der Waals surface area (Å²) in [5.74, 6) is 0. The van der Waals surface area contributed by atoms with Gasteiger partial charge in [-0.25, -0.2) is 0 Å². The van der Waals surface area contributed by atoms with Crippen molar-refractivity contribution in [3.8, 4) is 0 Å². The van der Waals surface area contributed by atoms with Crippen LogP contribution in [-0.4, -0.2) is 33.8 Å². The van der Waals surface area contributed by atoms with Gasteiger partial charge in [-0.05, 0) is 64.1 Å². The Morgan fingerprint density at radius 1 is 0.591 bits per heavy atom. The van der Waals surface area contributed by atoms with Crippen LogP contribution in [0.2, 0.25) is 58.9 Å². The Kier molecular flexibility index (Phi) is 6.22. The molecule has 0 spiro atoms. The van der Waals surface area contributed by atoms with Gasteiger partial charge in [-0.1, -0.05) is 30.3 Å². The Morgan fingerprint density at radius 3 is 1.50 bits per heavy atom. The summed E-state index contributed by atoms with van der Waals surface area (Å²) in [6, 6.07) is 10.5. The summed E-state index contributed by atoms with van der Waals surface area (Å²) in [4.78, 5) is 0. The van der Waals surface area contributed by atoms with Crippen molar-refractivity contribution < 1.29 is 12.3 Å². The van der Waals surface area contributed by atoms with Gasteiger partial charge in [0.2, 0.25) is 8.32 Å². The zero-order valence-corrected chi connectivity index (χ0v) is 19.6. The second-order valence-corrected chi connectivity index (χ2v) is 24.0. The molecular formula is C15H32O3Si4. The fraction of sp³-hybridized carbons (Fsp3) is 0.600. The second-order valence-electron chi connectivity index (χ2n) is 8.09. The summed E-state index contributed by atoms with van der Waals surface area (Å²) in [7, 11) is -7.95. The zero-order chi connectivity index (χ0) is 17.2. The molecule has 3 nitrogen and oxygen atoms in total. The van der Waals surface area contributed by atoms with Crippen molar-refractivity contribution >= 4 is 38.9 Å². The van der Waals surface area contributed by atoms with E-state index in [9.17, 15) is 0 Å². The number of benzene rings is 1. The van der Waals surface area contributed by atoms with E-state index in [-0.39, 0.29) is 0 Å². The Hall–Kier alpha value is -0.0325. The summed E-state index contributed by atoms with van der Waals surface area (Å²) in [6.45, 7) is 19.7. The molecule has 7 heteroatoms. The average Bonchev–Trinajstić information content (AvgIpc) is 2.23. The highest BCUT2D eigenvalue weighted by Gasteiger charge is 2.42. The highest BCUT2D eigenvalue weighted by molar-refractivity contribution is 6.93. The maximum atomic E-state index is 6.59. The lowest BCUT2D eigenvalue weighted by molar-refractivity contribution is 0.332. The van der Waals surface area contributed by atoms with E-state index in [1.54, 1.807) is 0 Å². The first kappa shape index (κ1) is 20.0. The van der Waals surface area contributed by atoms with Crippen LogP contribution in [0, 0.1) is 0 Å². The van der Waals surface area contributed by atoms with Crippen molar-refractivity contribution in [3.63, 3.8) is 0 Å². The molecule has 126 valence electrons. The molecule has 1 aromatic rings. The Labute approximate surface area is 140 Å². The lowest BCUT2D eigenvalue weighted by Gasteiger charge is -2.40. The Bertz CT molecular complexity index is 481. The van der Waals surface area contributed by atoms with E-state index in [0.717, 1.165) is 0 Å². The predicted octanol–water partition coefficient (Wildman–Crippen LogP) is 4.39. The van der Waals surface area contributed by atoms with Gasteiger partial charge in [-0.2, -0.15) is 0 Å². The SMILES string of the molecule is C[Si](C)(C)O[Si](C)(C)O[Si](C)(C)O[Si](C)(C)c1ccccc1. The standard InChI is InChI=1S/C15H32O3Si4/c1-19(2,3)16-21(6,7)18-22(8,9)17-20(4,5)15-13-11-10-12-14-15/h10-14H,1-9H3. The average molecular weight is 373 g/mol. The van der Waals surface area contributed by atoms with Gasteiger partial charge in [0, 0.05) is 0 Å². The van der Waals surface area contributed by atoms with Crippen molar-refractivity contribution in [2.24, 2.45) is 0 Å². The van der Waals surface area contributed by atoms with E-state index < -0.39 is 33.8 Å². The quantitative estimate of drug-likeness (QED) is 0.664. The third-order valence-electron chi connectivity index (χ3n) is 3.01. The molecule has 1 rings (SSSR count). The molecule has 0 atom stereocenters. The molecule has 0 saturated carbocycles. The highest BCUT2D eigenvalue weighted by atomic mass is 28.5. The molecule has 0 aromatic heterocycles. The minimum Gasteiger partial charge on any atom is -0.437 e. The van der Waals surface area contributed by atoms with Gasteiger partial charge in [0.1, 0.15) is 0 Å². The second kappa shape index (κ2) is 6.84. The van der Waals surface area contributed by atoms with Crippen molar-refractivity contribution in [2.75, 3.05) is 0 Å².